The third kappa shape index (κ3) is 5.28. The molecule has 0 aliphatic carbocycles. The van der Waals surface area contributed by atoms with Crippen LogP contribution in [0.15, 0.2) is 37.4 Å². The normalized spacial score (nSPS) is 9.24. The molecule has 0 atom stereocenters. The van der Waals surface area contributed by atoms with Crippen molar-refractivity contribution in [3.8, 4) is 0 Å². The molecule has 21 heavy (non-hydrogen) atoms. The number of carboxylic acids is 1. The molecule has 0 bridgehead atoms. The highest BCUT2D eigenvalue weighted by molar-refractivity contribution is 5.92. The van der Waals surface area contributed by atoms with Gasteiger partial charge in [0.2, 0.25) is 0 Å². The van der Waals surface area contributed by atoms with E-state index in [-0.39, 0.29) is 11.5 Å². The van der Waals surface area contributed by atoms with Crippen molar-refractivity contribution >= 4 is 11.9 Å². The van der Waals surface area contributed by atoms with E-state index in [9.17, 15) is 9.59 Å². The molecular formula is C12H13N5O4. The average molecular weight is 291 g/mol. The SMILES string of the molecule is CON(C)C(=O)c1cncnc1.O=C(O)c1cncnc1. The molecule has 110 valence electrons. The molecule has 2 aromatic rings. The van der Waals surface area contributed by atoms with Crippen LogP contribution in [-0.4, -0.2) is 56.1 Å². The van der Waals surface area contributed by atoms with Crippen LogP contribution in [0.5, 0.6) is 0 Å². The highest BCUT2D eigenvalue weighted by Crippen LogP contribution is 1.98. The minimum Gasteiger partial charge on any atom is -0.478 e. The Morgan fingerprint density at radius 3 is 1.76 bits per heavy atom. The zero-order valence-electron chi connectivity index (χ0n) is 11.4. The molecule has 1 amide bonds. The summed E-state index contributed by atoms with van der Waals surface area (Å²) < 4.78 is 0. The van der Waals surface area contributed by atoms with Gasteiger partial charge in [0, 0.05) is 31.8 Å². The number of amides is 1. The Kier molecular flexibility index (Phi) is 6.35. The summed E-state index contributed by atoms with van der Waals surface area (Å²) in [7, 11) is 2.94. The second-order valence-electron chi connectivity index (χ2n) is 3.54. The average Bonchev–Trinajstić information content (AvgIpc) is 2.55. The number of hydrogen-bond acceptors (Lipinski definition) is 7. The number of carbonyl (C=O) groups excluding carboxylic acids is 1. The zero-order valence-corrected chi connectivity index (χ0v) is 11.4. The molecule has 9 heteroatoms. The highest BCUT2D eigenvalue weighted by Gasteiger charge is 2.10. The van der Waals surface area contributed by atoms with Crippen LogP contribution >= 0.6 is 0 Å². The second kappa shape index (κ2) is 8.27. The summed E-state index contributed by atoms with van der Waals surface area (Å²) in [4.78, 5) is 40.6. The van der Waals surface area contributed by atoms with Crippen LogP contribution in [0.1, 0.15) is 20.7 Å². The Labute approximate surface area is 120 Å². The lowest BCUT2D eigenvalue weighted by molar-refractivity contribution is -0.0757. The molecule has 0 aromatic carbocycles. The number of aromatic carboxylic acids is 1. The van der Waals surface area contributed by atoms with E-state index < -0.39 is 5.97 Å². The molecule has 2 heterocycles. The minimum absolute atomic E-state index is 0.109. The van der Waals surface area contributed by atoms with E-state index in [2.05, 4.69) is 19.9 Å². The molecule has 0 unspecified atom stereocenters. The standard InChI is InChI=1S/C7H9N3O2.C5H4N2O2/c1-10(12-2)7(11)6-3-8-5-9-4-6;8-5(9)4-1-6-3-7-2-4/h3-5H,1-2H3;1-3H,(H,8,9). The molecule has 0 spiro atoms. The Bertz CT molecular complexity index is 579. The topological polar surface area (TPSA) is 118 Å². The van der Waals surface area contributed by atoms with Gasteiger partial charge in [-0.25, -0.2) is 29.8 Å². The Morgan fingerprint density at radius 2 is 1.43 bits per heavy atom. The largest absolute Gasteiger partial charge is 0.478 e. The predicted molar refractivity (Wildman–Crippen MR) is 70.1 cm³/mol. The zero-order chi connectivity index (χ0) is 15.7. The van der Waals surface area contributed by atoms with E-state index in [1.54, 1.807) is 0 Å². The van der Waals surface area contributed by atoms with Gasteiger partial charge < -0.3 is 5.11 Å². The van der Waals surface area contributed by atoms with E-state index in [1.165, 1.54) is 51.6 Å². The van der Waals surface area contributed by atoms with Gasteiger partial charge in [-0.05, 0) is 0 Å². The summed E-state index contributed by atoms with van der Waals surface area (Å²) in [5.41, 5.74) is 0.513. The van der Waals surface area contributed by atoms with Crippen molar-refractivity contribution in [1.82, 2.24) is 25.0 Å². The first-order valence-electron chi connectivity index (χ1n) is 5.61. The van der Waals surface area contributed by atoms with Gasteiger partial charge >= 0.3 is 5.97 Å². The number of aromatic nitrogens is 4. The van der Waals surface area contributed by atoms with Crippen molar-refractivity contribution in [3.05, 3.63) is 48.6 Å². The Morgan fingerprint density at radius 1 is 1.00 bits per heavy atom. The van der Waals surface area contributed by atoms with Crippen LogP contribution in [-0.2, 0) is 4.84 Å². The fourth-order valence-corrected chi connectivity index (χ4v) is 1.08. The van der Waals surface area contributed by atoms with Crippen LogP contribution in [0.4, 0.5) is 0 Å². The fourth-order valence-electron chi connectivity index (χ4n) is 1.08. The smallest absolute Gasteiger partial charge is 0.338 e. The van der Waals surface area contributed by atoms with E-state index in [4.69, 9.17) is 9.94 Å². The lowest BCUT2D eigenvalue weighted by Crippen LogP contribution is -2.25. The first-order chi connectivity index (χ1) is 10.1. The third-order valence-electron chi connectivity index (χ3n) is 2.17. The molecule has 0 aliphatic heterocycles. The van der Waals surface area contributed by atoms with Crippen molar-refractivity contribution in [3.63, 3.8) is 0 Å². The molecule has 0 saturated carbocycles. The summed E-state index contributed by atoms with van der Waals surface area (Å²) >= 11 is 0. The van der Waals surface area contributed by atoms with Crippen LogP contribution < -0.4 is 0 Å². The summed E-state index contributed by atoms with van der Waals surface area (Å²) in [6.45, 7) is 0. The Hall–Kier alpha value is -2.94. The third-order valence-corrected chi connectivity index (χ3v) is 2.17. The summed E-state index contributed by atoms with van der Waals surface area (Å²) in [6.07, 6.45) is 8.01. The maximum absolute atomic E-state index is 11.3. The maximum Gasteiger partial charge on any atom is 0.338 e. The lowest BCUT2D eigenvalue weighted by Gasteiger charge is -2.12. The Balaban J connectivity index is 0.000000219. The molecular weight excluding hydrogens is 278 g/mol. The van der Waals surface area contributed by atoms with Crippen LogP contribution in [0.3, 0.4) is 0 Å². The van der Waals surface area contributed by atoms with Gasteiger partial charge in [-0.15, -0.1) is 0 Å². The molecule has 0 fully saturated rings. The predicted octanol–water partition coefficient (Wildman–Crippen LogP) is 0.285. The molecule has 0 saturated heterocycles. The fraction of sp³-hybridized carbons (Fsp3) is 0.167. The minimum atomic E-state index is -1.00. The monoisotopic (exact) mass is 291 g/mol. The molecule has 2 aromatic heterocycles. The van der Waals surface area contributed by atoms with Gasteiger partial charge in [-0.2, -0.15) is 0 Å². The van der Waals surface area contributed by atoms with Crippen LogP contribution in [0, 0.1) is 0 Å². The number of hydroxylamine groups is 2. The van der Waals surface area contributed by atoms with Crippen LogP contribution in [0.2, 0.25) is 0 Å². The van der Waals surface area contributed by atoms with Crippen molar-refractivity contribution in [2.24, 2.45) is 0 Å². The van der Waals surface area contributed by atoms with Crippen molar-refractivity contribution in [2.75, 3.05) is 14.2 Å². The van der Waals surface area contributed by atoms with E-state index in [1.807, 2.05) is 0 Å². The number of hydrogen-bond donors (Lipinski definition) is 1. The molecule has 1 N–H and O–H groups in total. The summed E-state index contributed by atoms with van der Waals surface area (Å²) in [6, 6.07) is 0. The van der Waals surface area contributed by atoms with Gasteiger partial charge in [0.1, 0.15) is 12.7 Å². The van der Waals surface area contributed by atoms with Gasteiger partial charge in [-0.3, -0.25) is 9.63 Å². The number of carbonyl (C=O) groups is 2. The van der Waals surface area contributed by atoms with Crippen molar-refractivity contribution in [1.29, 1.82) is 0 Å². The maximum atomic E-state index is 11.3. The highest BCUT2D eigenvalue weighted by atomic mass is 16.7. The molecule has 9 nitrogen and oxygen atoms in total. The van der Waals surface area contributed by atoms with Crippen molar-refractivity contribution in [2.45, 2.75) is 0 Å². The van der Waals surface area contributed by atoms with Gasteiger partial charge in [0.25, 0.3) is 5.91 Å². The number of carboxylic acid groups (broad SMARTS) is 1. The number of nitrogens with zero attached hydrogens (tertiary/aromatic N) is 5. The van der Waals surface area contributed by atoms with Gasteiger partial charge in [0.05, 0.1) is 18.2 Å². The van der Waals surface area contributed by atoms with Crippen LogP contribution in [0.25, 0.3) is 0 Å². The summed E-state index contributed by atoms with van der Waals surface area (Å²) in [5.74, 6) is -1.27. The van der Waals surface area contributed by atoms with Gasteiger partial charge in [0.15, 0.2) is 0 Å². The first kappa shape index (κ1) is 16.1. The lowest BCUT2D eigenvalue weighted by atomic mass is 10.3. The quantitative estimate of drug-likeness (QED) is 0.801. The van der Waals surface area contributed by atoms with E-state index in [0.717, 1.165) is 5.06 Å². The first-order valence-corrected chi connectivity index (χ1v) is 5.61. The van der Waals surface area contributed by atoms with E-state index in [0.29, 0.717) is 5.56 Å². The molecule has 0 aliphatic rings. The van der Waals surface area contributed by atoms with E-state index >= 15 is 0 Å². The second-order valence-corrected chi connectivity index (χ2v) is 3.54. The van der Waals surface area contributed by atoms with Crippen molar-refractivity contribution < 1.29 is 19.5 Å². The molecule has 2 rings (SSSR count). The molecule has 0 radical (unpaired) electrons. The number of rotatable bonds is 3. The summed E-state index contributed by atoms with van der Waals surface area (Å²) in [5, 5.41) is 9.41. The van der Waals surface area contributed by atoms with Gasteiger partial charge in [-0.1, -0.05) is 0 Å².